The van der Waals surface area contributed by atoms with Crippen molar-refractivity contribution in [2.24, 2.45) is 0 Å². The largest absolute Gasteiger partial charge is 0.504 e. The molecule has 6 heteroatoms. The molecule has 0 aliphatic carbocycles. The Bertz CT molecular complexity index is 976. The minimum Gasteiger partial charge on any atom is -0.504 e. The molecule has 3 rings (SSSR count). The van der Waals surface area contributed by atoms with Crippen LogP contribution in [0.1, 0.15) is 20.8 Å². The number of allylic oxidation sites excluding steroid dienone is 1. The molecule has 2 aromatic carbocycles. The molecule has 3 aromatic rings. The van der Waals surface area contributed by atoms with E-state index in [0.717, 1.165) is 4.88 Å². The van der Waals surface area contributed by atoms with Crippen LogP contribution in [0.3, 0.4) is 0 Å². The summed E-state index contributed by atoms with van der Waals surface area (Å²) in [5, 5.41) is 23.5. The van der Waals surface area contributed by atoms with Crippen LogP contribution in [0, 0.1) is 0 Å². The summed E-state index contributed by atoms with van der Waals surface area (Å²) >= 11 is 1.53. The van der Waals surface area contributed by atoms with Crippen LogP contribution in [0.25, 0.3) is 6.08 Å². The number of aromatic hydroxyl groups is 2. The van der Waals surface area contributed by atoms with Crippen molar-refractivity contribution in [3.63, 3.8) is 0 Å². The van der Waals surface area contributed by atoms with E-state index in [1.807, 2.05) is 17.5 Å². The third kappa shape index (κ3) is 5.05. The molecule has 1 heterocycles. The van der Waals surface area contributed by atoms with Gasteiger partial charge >= 0.3 is 0 Å². The second-order valence-electron chi connectivity index (χ2n) is 5.83. The number of amides is 1. The highest BCUT2D eigenvalue weighted by Gasteiger charge is 2.07. The van der Waals surface area contributed by atoms with E-state index in [1.54, 1.807) is 36.4 Å². The monoisotopic (exact) mass is 379 g/mol. The zero-order valence-electron chi connectivity index (χ0n) is 14.3. The Morgan fingerprint density at radius 2 is 1.78 bits per heavy atom. The van der Waals surface area contributed by atoms with E-state index < -0.39 is 0 Å². The van der Waals surface area contributed by atoms with Gasteiger partial charge in [-0.15, -0.1) is 11.3 Å². The maximum Gasteiger partial charge on any atom is 0.229 e. The van der Waals surface area contributed by atoms with E-state index in [2.05, 4.69) is 5.32 Å². The molecular weight excluding hydrogens is 362 g/mol. The van der Waals surface area contributed by atoms with Crippen LogP contribution >= 0.6 is 11.3 Å². The number of hydrogen-bond acceptors (Lipinski definition) is 5. The number of thiophene rings is 1. The first-order valence-electron chi connectivity index (χ1n) is 8.18. The lowest BCUT2D eigenvalue weighted by molar-refractivity contribution is -0.115. The average molecular weight is 379 g/mol. The predicted octanol–water partition coefficient (Wildman–Crippen LogP) is 4.24. The molecule has 0 spiro atoms. The lowest BCUT2D eigenvalue weighted by Gasteiger charge is -2.05. The Balaban J connectivity index is 1.60. The van der Waals surface area contributed by atoms with Crippen LogP contribution < -0.4 is 5.32 Å². The summed E-state index contributed by atoms with van der Waals surface area (Å²) in [5.41, 5.74) is 1.70. The molecule has 0 atom stereocenters. The Kier molecular flexibility index (Phi) is 5.68. The second-order valence-corrected chi connectivity index (χ2v) is 6.86. The number of phenolic OH excluding ortho intramolecular Hbond substituents is 2. The van der Waals surface area contributed by atoms with Gasteiger partial charge in [-0.1, -0.05) is 18.2 Å². The fourth-order valence-corrected chi connectivity index (χ4v) is 3.11. The second kappa shape index (κ2) is 8.33. The van der Waals surface area contributed by atoms with Gasteiger partial charge in [0.15, 0.2) is 17.3 Å². The van der Waals surface area contributed by atoms with Crippen LogP contribution in [-0.4, -0.2) is 21.9 Å². The summed E-state index contributed by atoms with van der Waals surface area (Å²) in [6, 6.07) is 14.8. The maximum atomic E-state index is 12.2. The molecule has 0 aliphatic rings. The SMILES string of the molecule is O=C(Cc1cccs1)Nc1ccc(C(=O)/C=C/c2ccc(O)c(O)c2)cc1. The zero-order chi connectivity index (χ0) is 19.2. The van der Waals surface area contributed by atoms with Gasteiger partial charge in [0.05, 0.1) is 6.42 Å². The molecule has 0 aliphatic heterocycles. The van der Waals surface area contributed by atoms with Crippen molar-refractivity contribution in [3.8, 4) is 11.5 Å². The standard InChI is InChI=1S/C21H17NO4S/c23-18(9-3-14-4-10-19(24)20(25)12-14)15-5-7-16(8-6-15)22-21(26)13-17-2-1-11-27-17/h1-12,24-25H,13H2,(H,22,26)/b9-3+. The van der Waals surface area contributed by atoms with Crippen molar-refractivity contribution in [1.29, 1.82) is 0 Å². The Hall–Kier alpha value is -3.38. The topological polar surface area (TPSA) is 86.6 Å². The number of rotatable bonds is 6. The quantitative estimate of drug-likeness (QED) is 0.340. The van der Waals surface area contributed by atoms with Gasteiger partial charge < -0.3 is 15.5 Å². The van der Waals surface area contributed by atoms with Crippen molar-refractivity contribution in [2.45, 2.75) is 6.42 Å². The number of ketones is 1. The number of anilines is 1. The average Bonchev–Trinajstić information content (AvgIpc) is 3.16. The van der Waals surface area contributed by atoms with Gasteiger partial charge in [0.25, 0.3) is 0 Å². The summed E-state index contributed by atoms with van der Waals surface area (Å²) in [5.74, 6) is -0.773. The van der Waals surface area contributed by atoms with Crippen molar-refractivity contribution in [1.82, 2.24) is 0 Å². The third-order valence-corrected chi connectivity index (χ3v) is 4.67. The Morgan fingerprint density at radius 3 is 2.44 bits per heavy atom. The highest BCUT2D eigenvalue weighted by Crippen LogP contribution is 2.25. The van der Waals surface area contributed by atoms with E-state index in [-0.39, 0.29) is 23.2 Å². The van der Waals surface area contributed by atoms with Crippen molar-refractivity contribution in [3.05, 3.63) is 82.1 Å². The predicted molar refractivity (Wildman–Crippen MR) is 106 cm³/mol. The maximum absolute atomic E-state index is 12.2. The lowest BCUT2D eigenvalue weighted by atomic mass is 10.1. The van der Waals surface area contributed by atoms with Gasteiger partial charge in [-0.2, -0.15) is 0 Å². The fourth-order valence-electron chi connectivity index (χ4n) is 2.41. The van der Waals surface area contributed by atoms with Gasteiger partial charge in [0.2, 0.25) is 5.91 Å². The van der Waals surface area contributed by atoms with E-state index in [0.29, 0.717) is 23.2 Å². The molecule has 0 fully saturated rings. The number of phenols is 2. The minimum absolute atomic E-state index is 0.108. The molecule has 0 unspecified atom stereocenters. The summed E-state index contributed by atoms with van der Waals surface area (Å²) < 4.78 is 0. The number of carbonyl (C=O) groups is 2. The molecule has 0 saturated heterocycles. The first kappa shape index (κ1) is 18.4. The number of nitrogens with one attached hydrogen (secondary N) is 1. The number of hydrogen-bond donors (Lipinski definition) is 3. The van der Waals surface area contributed by atoms with Crippen LogP contribution in [-0.2, 0) is 11.2 Å². The van der Waals surface area contributed by atoms with E-state index in [1.165, 1.54) is 29.5 Å². The summed E-state index contributed by atoms with van der Waals surface area (Å²) in [6.07, 6.45) is 3.26. The van der Waals surface area contributed by atoms with E-state index in [4.69, 9.17) is 0 Å². The van der Waals surface area contributed by atoms with Crippen molar-refractivity contribution >= 4 is 34.8 Å². The summed E-state index contributed by atoms with van der Waals surface area (Å²) in [4.78, 5) is 25.2. The molecule has 0 saturated carbocycles. The van der Waals surface area contributed by atoms with Gasteiger partial charge in [-0.05, 0) is 59.5 Å². The first-order chi connectivity index (χ1) is 13.0. The van der Waals surface area contributed by atoms with Crippen LogP contribution in [0.15, 0.2) is 66.1 Å². The van der Waals surface area contributed by atoms with Crippen molar-refractivity contribution in [2.75, 3.05) is 5.32 Å². The van der Waals surface area contributed by atoms with Crippen molar-refractivity contribution < 1.29 is 19.8 Å². The smallest absolute Gasteiger partial charge is 0.229 e. The molecule has 27 heavy (non-hydrogen) atoms. The lowest BCUT2D eigenvalue weighted by Crippen LogP contribution is -2.13. The molecule has 0 radical (unpaired) electrons. The molecule has 0 bridgehead atoms. The Labute approximate surface area is 160 Å². The molecular formula is C21H17NO4S. The van der Waals surface area contributed by atoms with E-state index in [9.17, 15) is 19.8 Å². The Morgan fingerprint density at radius 1 is 1.00 bits per heavy atom. The van der Waals surface area contributed by atoms with Gasteiger partial charge in [-0.3, -0.25) is 9.59 Å². The third-order valence-electron chi connectivity index (χ3n) is 3.79. The van der Waals surface area contributed by atoms with Crippen LogP contribution in [0.2, 0.25) is 0 Å². The summed E-state index contributed by atoms with van der Waals surface area (Å²) in [6.45, 7) is 0. The highest BCUT2D eigenvalue weighted by atomic mass is 32.1. The molecule has 1 amide bonds. The fraction of sp³-hybridized carbons (Fsp3) is 0.0476. The highest BCUT2D eigenvalue weighted by molar-refractivity contribution is 7.10. The molecule has 1 aromatic heterocycles. The molecule has 5 nitrogen and oxygen atoms in total. The van der Waals surface area contributed by atoms with Gasteiger partial charge in [0, 0.05) is 16.1 Å². The summed E-state index contributed by atoms with van der Waals surface area (Å²) in [7, 11) is 0. The first-order valence-corrected chi connectivity index (χ1v) is 9.06. The van der Waals surface area contributed by atoms with Gasteiger partial charge in [-0.25, -0.2) is 0 Å². The molecule has 3 N–H and O–H groups in total. The van der Waals surface area contributed by atoms with E-state index >= 15 is 0 Å². The van der Waals surface area contributed by atoms with Crippen LogP contribution in [0.5, 0.6) is 11.5 Å². The molecule has 136 valence electrons. The van der Waals surface area contributed by atoms with Gasteiger partial charge in [0.1, 0.15) is 0 Å². The minimum atomic E-state index is -0.243. The normalized spacial score (nSPS) is 10.8. The zero-order valence-corrected chi connectivity index (χ0v) is 15.1. The number of carbonyl (C=O) groups excluding carboxylic acids is 2. The van der Waals surface area contributed by atoms with Crippen LogP contribution in [0.4, 0.5) is 5.69 Å². The number of benzene rings is 2.